The highest BCUT2D eigenvalue weighted by Crippen LogP contribution is 2.15. The summed E-state index contributed by atoms with van der Waals surface area (Å²) in [6.07, 6.45) is 0.950. The minimum atomic E-state index is -0.162. The van der Waals surface area contributed by atoms with Crippen molar-refractivity contribution in [2.24, 2.45) is 0 Å². The van der Waals surface area contributed by atoms with Gasteiger partial charge in [-0.15, -0.1) is 0 Å². The van der Waals surface area contributed by atoms with Gasteiger partial charge in [-0.3, -0.25) is 4.90 Å². The van der Waals surface area contributed by atoms with Crippen LogP contribution in [0.15, 0.2) is 28.7 Å². The second-order valence-corrected chi connectivity index (χ2v) is 5.61. The number of ether oxygens (including phenoxy) is 1. The highest BCUT2D eigenvalue weighted by atomic mass is 79.9. The van der Waals surface area contributed by atoms with Crippen LogP contribution < -0.4 is 10.6 Å². The van der Waals surface area contributed by atoms with Crippen molar-refractivity contribution in [3.05, 3.63) is 28.7 Å². The van der Waals surface area contributed by atoms with Gasteiger partial charge in [0.15, 0.2) is 0 Å². The fourth-order valence-corrected chi connectivity index (χ4v) is 2.47. The zero-order chi connectivity index (χ0) is 14.2. The second kappa shape index (κ2) is 8.24. The molecule has 1 aromatic carbocycles. The third-order valence-corrected chi connectivity index (χ3v) is 3.62. The third-order valence-electron chi connectivity index (χ3n) is 3.12. The number of nitrogens with one attached hydrogen (secondary N) is 2. The number of halogens is 1. The molecule has 2 N–H and O–H groups in total. The van der Waals surface area contributed by atoms with Crippen molar-refractivity contribution in [1.29, 1.82) is 0 Å². The minimum Gasteiger partial charge on any atom is -0.379 e. The van der Waals surface area contributed by atoms with Gasteiger partial charge in [0.25, 0.3) is 0 Å². The van der Waals surface area contributed by atoms with Crippen LogP contribution >= 0.6 is 15.9 Å². The Balaban J connectivity index is 1.60. The average molecular weight is 342 g/mol. The van der Waals surface area contributed by atoms with Crippen molar-refractivity contribution in [2.45, 2.75) is 6.42 Å². The van der Waals surface area contributed by atoms with Gasteiger partial charge in [-0.05, 0) is 31.2 Å². The van der Waals surface area contributed by atoms with Gasteiger partial charge in [0.1, 0.15) is 0 Å². The molecule has 1 aliphatic rings. The van der Waals surface area contributed by atoms with Crippen LogP contribution in [0.4, 0.5) is 10.5 Å². The molecule has 0 unspecified atom stereocenters. The fourth-order valence-electron chi connectivity index (χ4n) is 2.07. The van der Waals surface area contributed by atoms with E-state index < -0.39 is 0 Å². The highest BCUT2D eigenvalue weighted by Gasteiger charge is 2.09. The molecule has 0 aromatic heterocycles. The van der Waals surface area contributed by atoms with E-state index in [1.165, 1.54) is 0 Å². The van der Waals surface area contributed by atoms with Crippen molar-refractivity contribution >= 4 is 27.6 Å². The van der Waals surface area contributed by atoms with Gasteiger partial charge in [0.05, 0.1) is 13.2 Å². The largest absolute Gasteiger partial charge is 0.379 e. The van der Waals surface area contributed by atoms with E-state index >= 15 is 0 Å². The third kappa shape index (κ3) is 5.48. The number of hydrogen-bond acceptors (Lipinski definition) is 3. The number of amides is 2. The zero-order valence-corrected chi connectivity index (χ0v) is 13.0. The molecular formula is C14H20BrN3O2. The van der Waals surface area contributed by atoms with Crippen molar-refractivity contribution in [1.82, 2.24) is 10.2 Å². The average Bonchev–Trinajstić information content (AvgIpc) is 2.45. The fraction of sp³-hybridized carbons (Fsp3) is 0.500. The number of morpholine rings is 1. The molecule has 1 fully saturated rings. The van der Waals surface area contributed by atoms with Crippen LogP contribution in [0.5, 0.6) is 0 Å². The van der Waals surface area contributed by atoms with E-state index in [-0.39, 0.29) is 6.03 Å². The first-order valence-electron chi connectivity index (χ1n) is 6.84. The molecule has 1 aliphatic heterocycles. The van der Waals surface area contributed by atoms with Gasteiger partial charge in [-0.2, -0.15) is 0 Å². The molecule has 5 nitrogen and oxygen atoms in total. The lowest BCUT2D eigenvalue weighted by molar-refractivity contribution is 0.0375. The predicted octanol–water partition coefficient (Wildman–Crippen LogP) is 2.29. The van der Waals surface area contributed by atoms with E-state index in [0.29, 0.717) is 6.54 Å². The van der Waals surface area contributed by atoms with Crippen molar-refractivity contribution in [3.8, 4) is 0 Å². The highest BCUT2D eigenvalue weighted by molar-refractivity contribution is 9.10. The van der Waals surface area contributed by atoms with Gasteiger partial charge >= 0.3 is 6.03 Å². The van der Waals surface area contributed by atoms with Crippen LogP contribution in [0.2, 0.25) is 0 Å². The maximum atomic E-state index is 11.7. The zero-order valence-electron chi connectivity index (χ0n) is 11.4. The molecule has 2 amide bonds. The summed E-state index contributed by atoms with van der Waals surface area (Å²) in [6.45, 7) is 5.29. The second-order valence-electron chi connectivity index (χ2n) is 4.70. The Labute approximate surface area is 127 Å². The van der Waals surface area contributed by atoms with Crippen LogP contribution in [-0.2, 0) is 4.74 Å². The monoisotopic (exact) mass is 341 g/mol. The van der Waals surface area contributed by atoms with Crippen LogP contribution in [-0.4, -0.2) is 50.3 Å². The molecule has 1 heterocycles. The number of anilines is 1. The van der Waals surface area contributed by atoms with Gasteiger partial charge in [-0.25, -0.2) is 4.79 Å². The molecular weight excluding hydrogens is 322 g/mol. The molecule has 0 aliphatic carbocycles. The van der Waals surface area contributed by atoms with Crippen LogP contribution in [0.1, 0.15) is 6.42 Å². The van der Waals surface area contributed by atoms with Crippen LogP contribution in [0.3, 0.4) is 0 Å². The lowest BCUT2D eigenvalue weighted by Crippen LogP contribution is -2.38. The molecule has 0 saturated carbocycles. The Hall–Kier alpha value is -1.11. The Morgan fingerprint density at radius 3 is 2.90 bits per heavy atom. The summed E-state index contributed by atoms with van der Waals surface area (Å²) < 4.78 is 6.24. The lowest BCUT2D eigenvalue weighted by Gasteiger charge is -2.26. The quantitative estimate of drug-likeness (QED) is 0.808. The maximum absolute atomic E-state index is 11.7. The van der Waals surface area contributed by atoms with Crippen LogP contribution in [0, 0.1) is 0 Å². The van der Waals surface area contributed by atoms with Gasteiger partial charge in [0, 0.05) is 29.8 Å². The minimum absolute atomic E-state index is 0.162. The SMILES string of the molecule is O=C(NCCCN1CCOCC1)Nc1cccc(Br)c1. The number of carbonyl (C=O) groups is 1. The summed E-state index contributed by atoms with van der Waals surface area (Å²) in [4.78, 5) is 14.1. The Morgan fingerprint density at radius 1 is 1.35 bits per heavy atom. The van der Waals surface area contributed by atoms with E-state index in [1.807, 2.05) is 24.3 Å². The lowest BCUT2D eigenvalue weighted by atomic mass is 10.3. The summed E-state index contributed by atoms with van der Waals surface area (Å²) in [5.41, 5.74) is 0.782. The molecule has 1 aromatic rings. The van der Waals surface area contributed by atoms with E-state index in [2.05, 4.69) is 31.5 Å². The molecule has 2 rings (SSSR count). The molecule has 20 heavy (non-hydrogen) atoms. The molecule has 1 saturated heterocycles. The smallest absolute Gasteiger partial charge is 0.319 e. The van der Waals surface area contributed by atoms with Crippen molar-refractivity contribution in [2.75, 3.05) is 44.7 Å². The Kier molecular flexibility index (Phi) is 6.29. The molecule has 110 valence electrons. The summed E-state index contributed by atoms with van der Waals surface area (Å²) in [5, 5.41) is 5.67. The number of hydrogen-bond donors (Lipinski definition) is 2. The van der Waals surface area contributed by atoms with Crippen molar-refractivity contribution in [3.63, 3.8) is 0 Å². The first-order chi connectivity index (χ1) is 9.74. The van der Waals surface area contributed by atoms with Gasteiger partial charge in [-0.1, -0.05) is 22.0 Å². The maximum Gasteiger partial charge on any atom is 0.319 e. The van der Waals surface area contributed by atoms with Crippen LogP contribution in [0.25, 0.3) is 0 Å². The van der Waals surface area contributed by atoms with Gasteiger partial charge < -0.3 is 15.4 Å². The Morgan fingerprint density at radius 2 is 2.15 bits per heavy atom. The Bertz CT molecular complexity index is 436. The number of nitrogens with zero attached hydrogens (tertiary/aromatic N) is 1. The topological polar surface area (TPSA) is 53.6 Å². The summed E-state index contributed by atoms with van der Waals surface area (Å²) >= 11 is 3.37. The summed E-state index contributed by atoms with van der Waals surface area (Å²) in [7, 11) is 0. The van der Waals surface area contributed by atoms with E-state index in [0.717, 1.165) is 49.4 Å². The molecule has 0 atom stereocenters. The first kappa shape index (κ1) is 15.3. The number of rotatable bonds is 5. The number of benzene rings is 1. The standard InChI is InChI=1S/C14H20BrN3O2/c15-12-3-1-4-13(11-12)17-14(19)16-5-2-6-18-7-9-20-10-8-18/h1,3-4,11H,2,5-10H2,(H2,16,17,19). The summed E-state index contributed by atoms with van der Waals surface area (Å²) in [5.74, 6) is 0. The molecule has 0 radical (unpaired) electrons. The van der Waals surface area contributed by atoms with Crippen molar-refractivity contribution < 1.29 is 9.53 Å². The molecule has 0 bridgehead atoms. The molecule has 6 heteroatoms. The first-order valence-corrected chi connectivity index (χ1v) is 7.64. The normalized spacial score (nSPS) is 15.8. The number of carbonyl (C=O) groups excluding carboxylic acids is 1. The van der Waals surface area contributed by atoms with Gasteiger partial charge in [0.2, 0.25) is 0 Å². The van der Waals surface area contributed by atoms with E-state index in [4.69, 9.17) is 4.74 Å². The van der Waals surface area contributed by atoms with E-state index in [9.17, 15) is 4.79 Å². The molecule has 0 spiro atoms. The summed E-state index contributed by atoms with van der Waals surface area (Å²) in [6, 6.07) is 7.37. The number of urea groups is 1. The predicted molar refractivity (Wildman–Crippen MR) is 83.0 cm³/mol. The van der Waals surface area contributed by atoms with E-state index in [1.54, 1.807) is 0 Å².